The summed E-state index contributed by atoms with van der Waals surface area (Å²) >= 11 is 0. The van der Waals surface area contributed by atoms with Gasteiger partial charge in [0.25, 0.3) is 5.91 Å². The molecule has 0 aliphatic carbocycles. The van der Waals surface area contributed by atoms with Crippen LogP contribution in [0.25, 0.3) is 0 Å². The van der Waals surface area contributed by atoms with Gasteiger partial charge in [-0.25, -0.2) is 4.39 Å². The number of rotatable bonds is 5. The van der Waals surface area contributed by atoms with Gasteiger partial charge in [-0.1, -0.05) is 29.8 Å². The average molecular weight is 384 g/mol. The van der Waals surface area contributed by atoms with Gasteiger partial charge in [0.15, 0.2) is 6.61 Å². The van der Waals surface area contributed by atoms with Crippen LogP contribution in [0.15, 0.2) is 42.5 Å². The van der Waals surface area contributed by atoms with Crippen LogP contribution >= 0.6 is 0 Å². The van der Waals surface area contributed by atoms with E-state index in [1.54, 1.807) is 0 Å². The van der Waals surface area contributed by atoms with Gasteiger partial charge in [0.1, 0.15) is 11.6 Å². The van der Waals surface area contributed by atoms with Crippen molar-refractivity contribution in [3.63, 3.8) is 0 Å². The van der Waals surface area contributed by atoms with Gasteiger partial charge >= 0.3 is 0 Å². The Labute approximate surface area is 166 Å². The number of nitrogens with zero attached hydrogens (tertiary/aromatic N) is 2. The fourth-order valence-electron chi connectivity index (χ4n) is 3.77. The molecule has 28 heavy (non-hydrogen) atoms. The SMILES string of the molecule is Cc1ccc(OCC(=O)N2C[C@@H](C)N(Cc3ccc(F)cc3)C[C@@H]2C)c(C)c1. The van der Waals surface area contributed by atoms with Crippen LogP contribution in [-0.2, 0) is 11.3 Å². The van der Waals surface area contributed by atoms with Crippen molar-refractivity contribution < 1.29 is 13.9 Å². The molecule has 0 aromatic heterocycles. The monoisotopic (exact) mass is 384 g/mol. The normalized spacial score (nSPS) is 20.2. The molecular formula is C23H29FN2O2. The minimum Gasteiger partial charge on any atom is -0.484 e. The Morgan fingerprint density at radius 2 is 1.79 bits per heavy atom. The Balaban J connectivity index is 1.57. The third kappa shape index (κ3) is 4.90. The highest BCUT2D eigenvalue weighted by Gasteiger charge is 2.32. The molecule has 2 atom stereocenters. The first kappa shape index (κ1) is 20.3. The number of halogens is 1. The zero-order chi connectivity index (χ0) is 20.3. The summed E-state index contributed by atoms with van der Waals surface area (Å²) in [4.78, 5) is 17.0. The third-order valence-electron chi connectivity index (χ3n) is 5.42. The number of carbonyl (C=O) groups excluding carboxylic acids is 1. The lowest BCUT2D eigenvalue weighted by Crippen LogP contribution is -2.58. The Kier molecular flexibility index (Phi) is 6.35. The number of hydrogen-bond acceptors (Lipinski definition) is 3. The summed E-state index contributed by atoms with van der Waals surface area (Å²) in [6.07, 6.45) is 0. The summed E-state index contributed by atoms with van der Waals surface area (Å²) in [7, 11) is 0. The van der Waals surface area contributed by atoms with E-state index in [-0.39, 0.29) is 30.4 Å². The van der Waals surface area contributed by atoms with Crippen molar-refractivity contribution in [2.45, 2.75) is 46.3 Å². The molecule has 1 amide bonds. The van der Waals surface area contributed by atoms with E-state index in [2.05, 4.69) is 24.8 Å². The van der Waals surface area contributed by atoms with Gasteiger partial charge in [0, 0.05) is 31.7 Å². The van der Waals surface area contributed by atoms with E-state index in [9.17, 15) is 9.18 Å². The molecule has 0 radical (unpaired) electrons. The second-order valence-corrected chi connectivity index (χ2v) is 7.86. The molecule has 1 aliphatic rings. The molecule has 2 aromatic carbocycles. The maximum Gasteiger partial charge on any atom is 0.260 e. The molecule has 2 aromatic rings. The average Bonchev–Trinajstić information content (AvgIpc) is 2.65. The van der Waals surface area contributed by atoms with Crippen molar-refractivity contribution >= 4 is 5.91 Å². The zero-order valence-electron chi connectivity index (χ0n) is 17.1. The molecule has 1 saturated heterocycles. The predicted molar refractivity (Wildman–Crippen MR) is 109 cm³/mol. The van der Waals surface area contributed by atoms with Crippen LogP contribution in [0.1, 0.15) is 30.5 Å². The minimum absolute atomic E-state index is 0.0146. The maximum absolute atomic E-state index is 13.1. The number of piperazine rings is 1. The van der Waals surface area contributed by atoms with Crippen molar-refractivity contribution in [3.05, 3.63) is 65.0 Å². The molecule has 0 N–H and O–H groups in total. The van der Waals surface area contributed by atoms with Crippen molar-refractivity contribution in [2.75, 3.05) is 19.7 Å². The number of carbonyl (C=O) groups is 1. The number of benzene rings is 2. The number of aryl methyl sites for hydroxylation is 2. The summed E-state index contributed by atoms with van der Waals surface area (Å²) < 4.78 is 18.9. The molecule has 0 saturated carbocycles. The van der Waals surface area contributed by atoms with Gasteiger partial charge in [-0.15, -0.1) is 0 Å². The summed E-state index contributed by atoms with van der Waals surface area (Å²) in [6.45, 7) is 10.5. The summed E-state index contributed by atoms with van der Waals surface area (Å²) in [5.74, 6) is 0.555. The van der Waals surface area contributed by atoms with E-state index in [1.807, 2.05) is 43.0 Å². The topological polar surface area (TPSA) is 32.8 Å². The number of ether oxygens (including phenoxy) is 1. The molecule has 1 fully saturated rings. The highest BCUT2D eigenvalue weighted by molar-refractivity contribution is 5.78. The first-order valence-electron chi connectivity index (χ1n) is 9.81. The maximum atomic E-state index is 13.1. The zero-order valence-corrected chi connectivity index (χ0v) is 17.1. The molecule has 0 unspecified atom stereocenters. The first-order valence-corrected chi connectivity index (χ1v) is 9.81. The molecule has 1 aliphatic heterocycles. The second-order valence-electron chi connectivity index (χ2n) is 7.86. The van der Waals surface area contributed by atoms with Gasteiger partial charge in [-0.3, -0.25) is 9.69 Å². The Morgan fingerprint density at radius 3 is 2.46 bits per heavy atom. The van der Waals surface area contributed by atoms with E-state index >= 15 is 0 Å². The lowest BCUT2D eigenvalue weighted by atomic mass is 10.1. The summed E-state index contributed by atoms with van der Waals surface area (Å²) in [5, 5.41) is 0. The van der Waals surface area contributed by atoms with Crippen LogP contribution in [0, 0.1) is 19.7 Å². The molecule has 4 nitrogen and oxygen atoms in total. The van der Waals surface area contributed by atoms with E-state index in [0.29, 0.717) is 6.54 Å². The lowest BCUT2D eigenvalue weighted by molar-refractivity contribution is -0.139. The third-order valence-corrected chi connectivity index (χ3v) is 5.42. The van der Waals surface area contributed by atoms with Gasteiger partial charge in [-0.2, -0.15) is 0 Å². The molecular weight excluding hydrogens is 355 g/mol. The molecule has 3 rings (SSSR count). The number of hydrogen-bond donors (Lipinski definition) is 0. The highest BCUT2D eigenvalue weighted by atomic mass is 19.1. The minimum atomic E-state index is -0.218. The van der Waals surface area contributed by atoms with Crippen molar-refractivity contribution in [1.82, 2.24) is 9.80 Å². The smallest absolute Gasteiger partial charge is 0.260 e. The van der Waals surface area contributed by atoms with Gasteiger partial charge < -0.3 is 9.64 Å². The van der Waals surface area contributed by atoms with Crippen molar-refractivity contribution in [1.29, 1.82) is 0 Å². The van der Waals surface area contributed by atoms with Crippen LogP contribution < -0.4 is 4.74 Å². The van der Waals surface area contributed by atoms with Crippen LogP contribution in [0.4, 0.5) is 4.39 Å². The van der Waals surface area contributed by atoms with Gasteiger partial charge in [-0.05, 0) is 57.0 Å². The quantitative estimate of drug-likeness (QED) is 0.783. The van der Waals surface area contributed by atoms with Crippen LogP contribution in [0.3, 0.4) is 0 Å². The molecule has 150 valence electrons. The molecule has 0 spiro atoms. The summed E-state index contributed by atoms with van der Waals surface area (Å²) in [6, 6.07) is 12.9. The van der Waals surface area contributed by atoms with Crippen LogP contribution in [0.5, 0.6) is 5.75 Å². The molecule has 0 bridgehead atoms. The van der Waals surface area contributed by atoms with E-state index in [1.165, 1.54) is 17.7 Å². The van der Waals surface area contributed by atoms with E-state index in [4.69, 9.17) is 4.74 Å². The summed E-state index contributed by atoms with van der Waals surface area (Å²) in [5.41, 5.74) is 3.30. The molecule has 1 heterocycles. The Bertz CT molecular complexity index is 822. The number of amides is 1. The van der Waals surface area contributed by atoms with Gasteiger partial charge in [0.2, 0.25) is 0 Å². The predicted octanol–water partition coefficient (Wildman–Crippen LogP) is 3.94. The largest absolute Gasteiger partial charge is 0.484 e. The fourth-order valence-corrected chi connectivity index (χ4v) is 3.77. The Hall–Kier alpha value is -2.40. The second kappa shape index (κ2) is 8.74. The van der Waals surface area contributed by atoms with Crippen LogP contribution in [-0.4, -0.2) is 47.5 Å². The highest BCUT2D eigenvalue weighted by Crippen LogP contribution is 2.21. The van der Waals surface area contributed by atoms with Crippen molar-refractivity contribution in [2.24, 2.45) is 0 Å². The first-order chi connectivity index (χ1) is 13.3. The lowest BCUT2D eigenvalue weighted by Gasteiger charge is -2.44. The van der Waals surface area contributed by atoms with Crippen LogP contribution in [0.2, 0.25) is 0 Å². The van der Waals surface area contributed by atoms with E-state index < -0.39 is 0 Å². The Morgan fingerprint density at radius 1 is 1.07 bits per heavy atom. The fraction of sp³-hybridized carbons (Fsp3) is 0.435. The van der Waals surface area contributed by atoms with Crippen molar-refractivity contribution in [3.8, 4) is 5.75 Å². The van der Waals surface area contributed by atoms with Gasteiger partial charge in [0.05, 0.1) is 0 Å². The van der Waals surface area contributed by atoms with E-state index in [0.717, 1.165) is 30.0 Å². The standard InChI is InChI=1S/C23H29FN2O2/c1-16-5-10-22(17(2)11-16)28-15-23(27)26-13-18(3)25(12-19(26)4)14-20-6-8-21(24)9-7-20/h5-11,18-19H,12-15H2,1-4H3/t18-,19+/m1/s1. The molecule has 5 heteroatoms.